The summed E-state index contributed by atoms with van der Waals surface area (Å²) in [4.78, 5) is 11.6. The summed E-state index contributed by atoms with van der Waals surface area (Å²) in [6, 6.07) is 0.694. The molecule has 15 heavy (non-hydrogen) atoms. The van der Waals surface area contributed by atoms with E-state index in [4.69, 9.17) is 12.2 Å². The van der Waals surface area contributed by atoms with Crippen LogP contribution in [-0.4, -0.2) is 29.1 Å². The van der Waals surface area contributed by atoms with Crippen molar-refractivity contribution < 1.29 is 4.79 Å². The highest BCUT2D eigenvalue weighted by atomic mass is 32.1. The summed E-state index contributed by atoms with van der Waals surface area (Å²) < 4.78 is 0. The molecule has 0 aromatic carbocycles. The number of carbonyl (C=O) groups excluding carboxylic acids is 1. The van der Waals surface area contributed by atoms with Crippen molar-refractivity contribution in [2.24, 2.45) is 0 Å². The Kier molecular flexibility index (Phi) is 3.09. The largest absolute Gasteiger partial charge is 0.360 e. The molecular weight excluding hydrogens is 210 g/mol. The van der Waals surface area contributed by atoms with E-state index in [-0.39, 0.29) is 11.9 Å². The molecule has 0 aromatic heterocycles. The van der Waals surface area contributed by atoms with Gasteiger partial charge in [0, 0.05) is 12.1 Å². The highest BCUT2D eigenvalue weighted by Crippen LogP contribution is 2.19. The van der Waals surface area contributed by atoms with Crippen LogP contribution in [0.5, 0.6) is 0 Å². The Morgan fingerprint density at radius 1 is 1.20 bits per heavy atom. The van der Waals surface area contributed by atoms with E-state index in [0.717, 1.165) is 12.8 Å². The zero-order valence-corrected chi connectivity index (χ0v) is 9.69. The molecule has 1 unspecified atom stereocenters. The molecule has 2 aliphatic rings. The second-order valence-corrected chi connectivity index (χ2v) is 4.80. The van der Waals surface area contributed by atoms with Crippen molar-refractivity contribution in [2.45, 2.75) is 50.7 Å². The van der Waals surface area contributed by atoms with Gasteiger partial charge in [-0.1, -0.05) is 0 Å². The Morgan fingerprint density at radius 3 is 2.27 bits per heavy atom. The molecule has 2 aliphatic carbocycles. The summed E-state index contributed by atoms with van der Waals surface area (Å²) in [6.07, 6.45) is 4.60. The van der Waals surface area contributed by atoms with Crippen molar-refractivity contribution in [3.05, 3.63) is 0 Å². The first-order valence-electron chi connectivity index (χ1n) is 5.52. The molecule has 2 saturated carbocycles. The molecule has 0 bridgehead atoms. The van der Waals surface area contributed by atoms with Crippen molar-refractivity contribution in [3.8, 4) is 0 Å². The van der Waals surface area contributed by atoms with Crippen LogP contribution in [0.25, 0.3) is 0 Å². The third-order valence-electron chi connectivity index (χ3n) is 2.58. The average Bonchev–Trinajstić information content (AvgIpc) is 2.98. The van der Waals surface area contributed by atoms with E-state index in [1.54, 1.807) is 0 Å². The summed E-state index contributed by atoms with van der Waals surface area (Å²) in [5.41, 5.74) is 0. The first-order valence-corrected chi connectivity index (χ1v) is 5.93. The van der Waals surface area contributed by atoms with Crippen LogP contribution in [-0.2, 0) is 4.79 Å². The minimum Gasteiger partial charge on any atom is -0.360 e. The van der Waals surface area contributed by atoms with Gasteiger partial charge in [-0.15, -0.1) is 0 Å². The monoisotopic (exact) mass is 227 g/mol. The molecule has 3 N–H and O–H groups in total. The van der Waals surface area contributed by atoms with Gasteiger partial charge in [0.1, 0.15) is 6.04 Å². The molecule has 0 aliphatic heterocycles. The zero-order chi connectivity index (χ0) is 10.8. The molecule has 2 rings (SSSR count). The number of nitrogens with one attached hydrogen (secondary N) is 3. The molecule has 1 atom stereocenters. The van der Waals surface area contributed by atoms with Crippen molar-refractivity contribution in [3.63, 3.8) is 0 Å². The Balaban J connectivity index is 1.66. The molecule has 4 nitrogen and oxygen atoms in total. The molecular formula is C10H17N3OS. The lowest BCUT2D eigenvalue weighted by atomic mass is 10.3. The maximum atomic E-state index is 11.6. The lowest BCUT2D eigenvalue weighted by Crippen LogP contribution is -2.49. The first kappa shape index (κ1) is 10.7. The number of rotatable bonds is 4. The van der Waals surface area contributed by atoms with Gasteiger partial charge in [-0.25, -0.2) is 0 Å². The van der Waals surface area contributed by atoms with Gasteiger partial charge >= 0.3 is 0 Å². The quantitative estimate of drug-likeness (QED) is 0.604. The van der Waals surface area contributed by atoms with Gasteiger partial charge in [0.05, 0.1) is 0 Å². The lowest BCUT2D eigenvalue weighted by Gasteiger charge is -2.16. The zero-order valence-electron chi connectivity index (χ0n) is 8.88. The van der Waals surface area contributed by atoms with E-state index in [1.807, 2.05) is 6.92 Å². The molecule has 0 aromatic rings. The Hall–Kier alpha value is -0.840. The van der Waals surface area contributed by atoms with Crippen LogP contribution in [0.1, 0.15) is 32.6 Å². The van der Waals surface area contributed by atoms with Gasteiger partial charge in [-0.2, -0.15) is 0 Å². The molecule has 2 fully saturated rings. The van der Waals surface area contributed by atoms with E-state index in [9.17, 15) is 4.79 Å². The van der Waals surface area contributed by atoms with Gasteiger partial charge < -0.3 is 16.0 Å². The van der Waals surface area contributed by atoms with Crippen LogP contribution in [0.15, 0.2) is 0 Å². The van der Waals surface area contributed by atoms with Crippen LogP contribution in [0.3, 0.4) is 0 Å². The second kappa shape index (κ2) is 4.35. The Labute approximate surface area is 95.2 Å². The SMILES string of the molecule is CC(NC(=S)NC1CC1)C(=O)NC1CC1. The van der Waals surface area contributed by atoms with Crippen molar-refractivity contribution in [1.82, 2.24) is 16.0 Å². The fourth-order valence-electron chi connectivity index (χ4n) is 1.27. The number of thiocarbonyl (C=S) groups is 1. The Morgan fingerprint density at radius 2 is 1.73 bits per heavy atom. The van der Waals surface area contributed by atoms with Crippen LogP contribution in [0.2, 0.25) is 0 Å². The maximum absolute atomic E-state index is 11.6. The average molecular weight is 227 g/mol. The van der Waals surface area contributed by atoms with Crippen molar-refractivity contribution in [1.29, 1.82) is 0 Å². The topological polar surface area (TPSA) is 53.2 Å². The summed E-state index contributed by atoms with van der Waals surface area (Å²) in [5.74, 6) is 0.0393. The summed E-state index contributed by atoms with van der Waals surface area (Å²) in [6.45, 7) is 1.83. The summed E-state index contributed by atoms with van der Waals surface area (Å²) in [5, 5.41) is 9.67. The molecule has 84 valence electrons. The van der Waals surface area contributed by atoms with E-state index in [2.05, 4.69) is 16.0 Å². The summed E-state index contributed by atoms with van der Waals surface area (Å²) in [7, 11) is 0. The van der Waals surface area contributed by atoms with Gasteiger partial charge in [-0.05, 0) is 44.8 Å². The number of hydrogen-bond donors (Lipinski definition) is 3. The molecule has 0 spiro atoms. The Bertz CT molecular complexity index is 274. The second-order valence-electron chi connectivity index (χ2n) is 4.40. The van der Waals surface area contributed by atoms with E-state index >= 15 is 0 Å². The van der Waals surface area contributed by atoms with Gasteiger partial charge in [-0.3, -0.25) is 4.79 Å². The predicted molar refractivity (Wildman–Crippen MR) is 62.5 cm³/mol. The minimum atomic E-state index is -0.246. The highest BCUT2D eigenvalue weighted by Gasteiger charge is 2.26. The van der Waals surface area contributed by atoms with Crippen LogP contribution < -0.4 is 16.0 Å². The lowest BCUT2D eigenvalue weighted by molar-refractivity contribution is -0.122. The van der Waals surface area contributed by atoms with Crippen LogP contribution >= 0.6 is 12.2 Å². The standard InChI is InChI=1S/C10H17N3OS/c1-6(9(14)12-7-2-3-7)11-10(15)13-8-4-5-8/h6-8H,2-5H2,1H3,(H,12,14)(H2,11,13,15). The molecule has 0 heterocycles. The molecule has 5 heteroatoms. The predicted octanol–water partition coefficient (Wildman–Crippen LogP) is 0.280. The smallest absolute Gasteiger partial charge is 0.242 e. The number of amides is 1. The van der Waals surface area contributed by atoms with Gasteiger partial charge in [0.15, 0.2) is 5.11 Å². The molecule has 0 radical (unpaired) electrons. The third-order valence-corrected chi connectivity index (χ3v) is 2.81. The van der Waals surface area contributed by atoms with Gasteiger partial charge in [0.2, 0.25) is 5.91 Å². The third kappa shape index (κ3) is 3.66. The van der Waals surface area contributed by atoms with Gasteiger partial charge in [0.25, 0.3) is 0 Å². The number of hydrogen-bond acceptors (Lipinski definition) is 2. The summed E-state index contributed by atoms with van der Waals surface area (Å²) >= 11 is 5.09. The molecule has 1 amide bonds. The maximum Gasteiger partial charge on any atom is 0.242 e. The fraction of sp³-hybridized carbons (Fsp3) is 0.800. The first-order chi connectivity index (χ1) is 7.15. The van der Waals surface area contributed by atoms with Crippen molar-refractivity contribution in [2.75, 3.05) is 0 Å². The normalized spacial score (nSPS) is 21.7. The van der Waals surface area contributed by atoms with E-state index in [1.165, 1.54) is 12.8 Å². The van der Waals surface area contributed by atoms with E-state index in [0.29, 0.717) is 17.2 Å². The highest BCUT2D eigenvalue weighted by molar-refractivity contribution is 7.80. The van der Waals surface area contributed by atoms with E-state index < -0.39 is 0 Å². The fourth-order valence-corrected chi connectivity index (χ4v) is 1.61. The van der Waals surface area contributed by atoms with Crippen LogP contribution in [0, 0.1) is 0 Å². The minimum absolute atomic E-state index is 0.0393. The van der Waals surface area contributed by atoms with Crippen molar-refractivity contribution >= 4 is 23.2 Å². The number of carbonyl (C=O) groups is 1. The molecule has 0 saturated heterocycles. The van der Waals surface area contributed by atoms with Crippen LogP contribution in [0.4, 0.5) is 0 Å².